The third kappa shape index (κ3) is 5.35. The van der Waals surface area contributed by atoms with Gasteiger partial charge in [-0.25, -0.2) is 17.6 Å². The number of hydrogen-bond acceptors (Lipinski definition) is 1. The van der Waals surface area contributed by atoms with Crippen LogP contribution in [0.5, 0.6) is 0 Å². The molecule has 184 valence electrons. The first kappa shape index (κ1) is 25.2. The minimum atomic E-state index is -1.21. The zero-order valence-electron chi connectivity index (χ0n) is 19.9. The van der Waals surface area contributed by atoms with Gasteiger partial charge in [-0.05, 0) is 49.1 Å². The van der Waals surface area contributed by atoms with Crippen LogP contribution in [-0.2, 0) is 11.2 Å². The van der Waals surface area contributed by atoms with Crippen LogP contribution in [0.4, 0.5) is 17.6 Å². The van der Waals surface area contributed by atoms with Gasteiger partial charge in [0.05, 0.1) is 12.7 Å². The molecule has 1 saturated heterocycles. The summed E-state index contributed by atoms with van der Waals surface area (Å²) >= 11 is 0. The van der Waals surface area contributed by atoms with Crippen LogP contribution in [0.15, 0.2) is 61.2 Å². The first-order valence-corrected chi connectivity index (χ1v) is 12.2. The highest BCUT2D eigenvalue weighted by Crippen LogP contribution is 2.38. The Labute approximate surface area is 204 Å². The van der Waals surface area contributed by atoms with Crippen LogP contribution in [0.1, 0.15) is 56.3 Å². The summed E-state index contributed by atoms with van der Waals surface area (Å²) in [5.41, 5.74) is 1.13. The lowest BCUT2D eigenvalue weighted by atomic mass is 9.90. The van der Waals surface area contributed by atoms with Gasteiger partial charge in [-0.15, -0.1) is 6.58 Å². The maximum absolute atomic E-state index is 15.1. The van der Waals surface area contributed by atoms with E-state index in [1.54, 1.807) is 12.1 Å². The molecule has 1 nitrogen and oxygen atoms in total. The number of halogens is 4. The zero-order valence-corrected chi connectivity index (χ0v) is 19.9. The Kier molecular flexibility index (Phi) is 8.07. The van der Waals surface area contributed by atoms with Gasteiger partial charge in [-0.2, -0.15) is 0 Å². The quantitative estimate of drug-likeness (QED) is 0.230. The SMILES string of the molecule is C=CCCc1ccc(-c2ccc(-c3ccc(C4CCC(CCC)CO4)c(F)c3F)c(F)c2F)cc1. The molecule has 0 bridgehead atoms. The summed E-state index contributed by atoms with van der Waals surface area (Å²) in [6.07, 6.45) is 6.51. The Bertz CT molecular complexity index is 1180. The van der Waals surface area contributed by atoms with E-state index in [9.17, 15) is 0 Å². The van der Waals surface area contributed by atoms with Gasteiger partial charge in [-0.1, -0.05) is 68.0 Å². The molecule has 1 aliphatic heterocycles. The molecule has 0 spiro atoms. The second-order valence-electron chi connectivity index (χ2n) is 9.20. The van der Waals surface area contributed by atoms with Crippen molar-refractivity contribution in [3.8, 4) is 22.3 Å². The second-order valence-corrected chi connectivity index (χ2v) is 9.20. The predicted octanol–water partition coefficient (Wildman–Crippen LogP) is 8.96. The van der Waals surface area contributed by atoms with E-state index in [0.717, 1.165) is 37.7 Å². The Balaban J connectivity index is 1.59. The largest absolute Gasteiger partial charge is 0.373 e. The molecule has 0 saturated carbocycles. The van der Waals surface area contributed by atoms with Crippen LogP contribution in [0, 0.1) is 29.2 Å². The van der Waals surface area contributed by atoms with Crippen molar-refractivity contribution in [2.75, 3.05) is 6.61 Å². The van der Waals surface area contributed by atoms with Crippen LogP contribution in [0.2, 0.25) is 0 Å². The molecule has 2 atom stereocenters. The minimum Gasteiger partial charge on any atom is -0.373 e. The molecule has 3 aromatic rings. The van der Waals surface area contributed by atoms with E-state index in [-0.39, 0.29) is 22.3 Å². The third-order valence-corrected chi connectivity index (χ3v) is 6.80. The van der Waals surface area contributed by atoms with Crippen molar-refractivity contribution in [3.63, 3.8) is 0 Å². The molecule has 0 radical (unpaired) electrons. The fourth-order valence-electron chi connectivity index (χ4n) is 4.81. The normalized spacial score (nSPS) is 18.0. The molecule has 2 unspecified atom stereocenters. The molecule has 0 N–H and O–H groups in total. The second kappa shape index (κ2) is 11.2. The van der Waals surface area contributed by atoms with Gasteiger partial charge in [-0.3, -0.25) is 0 Å². The number of allylic oxidation sites excluding steroid dienone is 1. The van der Waals surface area contributed by atoms with Crippen molar-refractivity contribution < 1.29 is 22.3 Å². The lowest BCUT2D eigenvalue weighted by Gasteiger charge is -2.29. The topological polar surface area (TPSA) is 9.23 Å². The predicted molar refractivity (Wildman–Crippen MR) is 132 cm³/mol. The standard InChI is InChI=1S/C30H30F4O/c1-3-5-7-19-8-11-21(12-9-19)22-13-14-23(28(32)27(22)31)24-15-16-25(30(34)29(24)33)26-17-10-20(6-4-2)18-35-26/h3,8-9,11-16,20,26H,1,4-7,10,17-18H2,2H3. The summed E-state index contributed by atoms with van der Waals surface area (Å²) in [4.78, 5) is 0. The maximum atomic E-state index is 15.1. The van der Waals surface area contributed by atoms with Crippen LogP contribution >= 0.6 is 0 Å². The van der Waals surface area contributed by atoms with Gasteiger partial charge in [0.1, 0.15) is 0 Å². The van der Waals surface area contributed by atoms with Gasteiger partial charge >= 0.3 is 0 Å². The highest BCUT2D eigenvalue weighted by molar-refractivity contribution is 5.72. The van der Waals surface area contributed by atoms with E-state index in [1.165, 1.54) is 24.3 Å². The lowest BCUT2D eigenvalue weighted by molar-refractivity contribution is -0.0214. The van der Waals surface area contributed by atoms with E-state index >= 15 is 17.6 Å². The van der Waals surface area contributed by atoms with Crippen molar-refractivity contribution >= 4 is 0 Å². The van der Waals surface area contributed by atoms with Crippen LogP contribution in [0.3, 0.4) is 0 Å². The molecule has 3 aromatic carbocycles. The summed E-state index contributed by atoms with van der Waals surface area (Å²) in [5.74, 6) is -4.13. The summed E-state index contributed by atoms with van der Waals surface area (Å²) in [6, 6.07) is 12.6. The van der Waals surface area contributed by atoms with Gasteiger partial charge < -0.3 is 4.74 Å². The average Bonchev–Trinajstić information content (AvgIpc) is 2.87. The summed E-state index contributed by atoms with van der Waals surface area (Å²) in [6.45, 7) is 6.32. The third-order valence-electron chi connectivity index (χ3n) is 6.80. The number of benzene rings is 3. The molecule has 0 aromatic heterocycles. The van der Waals surface area contributed by atoms with Crippen LogP contribution < -0.4 is 0 Å². The van der Waals surface area contributed by atoms with Crippen LogP contribution in [-0.4, -0.2) is 6.61 Å². The van der Waals surface area contributed by atoms with E-state index in [0.29, 0.717) is 24.5 Å². The smallest absolute Gasteiger partial charge is 0.167 e. The Morgan fingerprint density at radius 3 is 2.09 bits per heavy atom. The molecule has 35 heavy (non-hydrogen) atoms. The number of aryl methyl sites for hydroxylation is 1. The van der Waals surface area contributed by atoms with E-state index in [2.05, 4.69) is 13.5 Å². The van der Waals surface area contributed by atoms with Gasteiger partial charge in [0.25, 0.3) is 0 Å². The molecular formula is C30H30F4O. The fourth-order valence-corrected chi connectivity index (χ4v) is 4.81. The average molecular weight is 483 g/mol. The first-order valence-electron chi connectivity index (χ1n) is 12.2. The minimum absolute atomic E-state index is 0.0660. The molecule has 5 heteroatoms. The maximum Gasteiger partial charge on any atom is 0.167 e. The highest BCUT2D eigenvalue weighted by atomic mass is 19.2. The Morgan fingerprint density at radius 1 is 0.829 bits per heavy atom. The van der Waals surface area contributed by atoms with Gasteiger partial charge in [0.2, 0.25) is 0 Å². The van der Waals surface area contributed by atoms with Gasteiger partial charge in [0, 0.05) is 22.3 Å². The van der Waals surface area contributed by atoms with Gasteiger partial charge in [0.15, 0.2) is 23.3 Å². The Hall–Kier alpha value is -2.92. The summed E-state index contributed by atoms with van der Waals surface area (Å²) < 4.78 is 65.9. The lowest BCUT2D eigenvalue weighted by Crippen LogP contribution is -2.21. The monoisotopic (exact) mass is 482 g/mol. The van der Waals surface area contributed by atoms with Crippen molar-refractivity contribution in [1.82, 2.24) is 0 Å². The Morgan fingerprint density at radius 2 is 1.46 bits per heavy atom. The molecule has 0 aliphatic carbocycles. The molecule has 0 amide bonds. The molecular weight excluding hydrogens is 452 g/mol. The number of ether oxygens (including phenoxy) is 1. The van der Waals surface area contributed by atoms with Crippen molar-refractivity contribution in [2.24, 2.45) is 5.92 Å². The molecule has 1 fully saturated rings. The molecule has 1 heterocycles. The van der Waals surface area contributed by atoms with E-state index in [4.69, 9.17) is 4.74 Å². The summed E-state index contributed by atoms with van der Waals surface area (Å²) in [7, 11) is 0. The first-order chi connectivity index (χ1) is 16.9. The van der Waals surface area contributed by atoms with E-state index < -0.39 is 29.4 Å². The molecule has 1 aliphatic rings. The van der Waals surface area contributed by atoms with Crippen LogP contribution in [0.25, 0.3) is 22.3 Å². The van der Waals surface area contributed by atoms with Crippen molar-refractivity contribution in [3.05, 3.63) is 95.6 Å². The van der Waals surface area contributed by atoms with Crippen molar-refractivity contribution in [2.45, 2.75) is 51.6 Å². The van der Waals surface area contributed by atoms with E-state index in [1.807, 2.05) is 18.2 Å². The summed E-state index contributed by atoms with van der Waals surface area (Å²) in [5, 5.41) is 0. The number of hydrogen-bond donors (Lipinski definition) is 0. The van der Waals surface area contributed by atoms with Crippen molar-refractivity contribution in [1.29, 1.82) is 0 Å². The fraction of sp³-hybridized carbons (Fsp3) is 0.333. The highest BCUT2D eigenvalue weighted by Gasteiger charge is 2.28. The zero-order chi connectivity index (χ0) is 24.9. The number of rotatable bonds is 8. The molecule has 4 rings (SSSR count).